The topological polar surface area (TPSA) is 47.0 Å². The van der Waals surface area contributed by atoms with Gasteiger partial charge in [0.25, 0.3) is 0 Å². The second-order valence-corrected chi connectivity index (χ2v) is 6.42. The van der Waals surface area contributed by atoms with E-state index in [2.05, 4.69) is 49.9 Å². The van der Waals surface area contributed by atoms with Crippen molar-refractivity contribution in [3.8, 4) is 5.88 Å². The highest BCUT2D eigenvalue weighted by molar-refractivity contribution is 5.38. The van der Waals surface area contributed by atoms with Crippen molar-refractivity contribution in [3.05, 3.63) is 11.9 Å². The van der Waals surface area contributed by atoms with Crippen molar-refractivity contribution in [3.63, 3.8) is 0 Å². The minimum absolute atomic E-state index is 0.541. The smallest absolute Gasteiger partial charge is 0.218 e. The second-order valence-electron chi connectivity index (χ2n) is 6.42. The van der Waals surface area contributed by atoms with Crippen LogP contribution in [0.15, 0.2) is 6.07 Å². The molecule has 0 saturated carbocycles. The first-order valence-electron chi connectivity index (χ1n) is 8.25. The molecule has 0 amide bonds. The fourth-order valence-electron chi connectivity index (χ4n) is 1.90. The maximum absolute atomic E-state index is 5.75. The summed E-state index contributed by atoms with van der Waals surface area (Å²) >= 11 is 0. The van der Waals surface area contributed by atoms with Crippen LogP contribution in [0.2, 0.25) is 0 Å². The van der Waals surface area contributed by atoms with Gasteiger partial charge in [0.2, 0.25) is 5.88 Å². The SMILES string of the molecule is CCCCOc1cc(NCCC(C)C)nc(CC(C)C)n1. The van der Waals surface area contributed by atoms with Crippen molar-refractivity contribution in [2.45, 2.75) is 60.3 Å². The Bertz CT molecular complexity index is 405. The molecule has 4 nitrogen and oxygen atoms in total. The number of hydrogen-bond donors (Lipinski definition) is 1. The zero-order valence-electron chi connectivity index (χ0n) is 14.3. The van der Waals surface area contributed by atoms with E-state index in [1.165, 1.54) is 0 Å². The lowest BCUT2D eigenvalue weighted by molar-refractivity contribution is 0.296. The molecule has 0 fully saturated rings. The number of unbranched alkanes of at least 4 members (excludes halogenated alkanes) is 1. The summed E-state index contributed by atoms with van der Waals surface area (Å²) in [7, 11) is 0. The lowest BCUT2D eigenvalue weighted by Crippen LogP contribution is -2.10. The number of rotatable bonds is 10. The van der Waals surface area contributed by atoms with E-state index in [4.69, 9.17) is 4.74 Å². The average molecular weight is 293 g/mol. The van der Waals surface area contributed by atoms with Crippen LogP contribution in [0.5, 0.6) is 5.88 Å². The van der Waals surface area contributed by atoms with Crippen molar-refractivity contribution < 1.29 is 4.74 Å². The van der Waals surface area contributed by atoms with Gasteiger partial charge in [0.05, 0.1) is 6.61 Å². The van der Waals surface area contributed by atoms with Gasteiger partial charge in [-0.15, -0.1) is 0 Å². The summed E-state index contributed by atoms with van der Waals surface area (Å²) in [5, 5.41) is 3.39. The molecule has 120 valence electrons. The highest BCUT2D eigenvalue weighted by atomic mass is 16.5. The van der Waals surface area contributed by atoms with E-state index in [-0.39, 0.29) is 0 Å². The van der Waals surface area contributed by atoms with Gasteiger partial charge in [-0.25, -0.2) is 4.98 Å². The van der Waals surface area contributed by atoms with Gasteiger partial charge in [0.15, 0.2) is 0 Å². The van der Waals surface area contributed by atoms with Gasteiger partial charge in [0, 0.05) is 19.0 Å². The molecule has 4 heteroatoms. The molecule has 0 spiro atoms. The maximum atomic E-state index is 5.75. The lowest BCUT2D eigenvalue weighted by atomic mass is 10.1. The summed E-state index contributed by atoms with van der Waals surface area (Å²) in [6.07, 6.45) is 4.20. The highest BCUT2D eigenvalue weighted by Crippen LogP contribution is 2.16. The van der Waals surface area contributed by atoms with Crippen LogP contribution in [-0.2, 0) is 6.42 Å². The molecule has 0 atom stereocenters. The molecule has 0 aliphatic heterocycles. The van der Waals surface area contributed by atoms with Crippen LogP contribution in [0.1, 0.15) is 59.7 Å². The van der Waals surface area contributed by atoms with Gasteiger partial charge in [-0.2, -0.15) is 4.98 Å². The molecule has 0 radical (unpaired) electrons. The lowest BCUT2D eigenvalue weighted by Gasteiger charge is -2.12. The van der Waals surface area contributed by atoms with Gasteiger partial charge in [-0.3, -0.25) is 0 Å². The second kappa shape index (κ2) is 9.59. The number of aromatic nitrogens is 2. The van der Waals surface area contributed by atoms with Crippen LogP contribution in [0.25, 0.3) is 0 Å². The predicted octanol–water partition coefficient (Wildman–Crippen LogP) is 4.31. The summed E-state index contributed by atoms with van der Waals surface area (Å²) in [4.78, 5) is 9.11. The van der Waals surface area contributed by atoms with Crippen molar-refractivity contribution >= 4 is 5.82 Å². The largest absolute Gasteiger partial charge is 0.478 e. The predicted molar refractivity (Wildman–Crippen MR) is 88.9 cm³/mol. The van der Waals surface area contributed by atoms with Crippen molar-refractivity contribution in [2.24, 2.45) is 11.8 Å². The van der Waals surface area contributed by atoms with E-state index >= 15 is 0 Å². The average Bonchev–Trinajstić information content (AvgIpc) is 2.37. The number of hydrogen-bond acceptors (Lipinski definition) is 4. The fourth-order valence-corrected chi connectivity index (χ4v) is 1.90. The normalized spacial score (nSPS) is 11.2. The Labute approximate surface area is 129 Å². The van der Waals surface area contributed by atoms with Gasteiger partial charge in [-0.05, 0) is 24.7 Å². The number of nitrogens with zero attached hydrogens (tertiary/aromatic N) is 2. The summed E-state index contributed by atoms with van der Waals surface area (Å²) < 4.78 is 5.75. The van der Waals surface area contributed by atoms with E-state index < -0.39 is 0 Å². The first-order valence-corrected chi connectivity index (χ1v) is 8.25. The Hall–Kier alpha value is -1.32. The maximum Gasteiger partial charge on any atom is 0.218 e. The number of ether oxygens (including phenoxy) is 1. The van der Waals surface area contributed by atoms with E-state index in [9.17, 15) is 0 Å². The van der Waals surface area contributed by atoms with Crippen molar-refractivity contribution in [2.75, 3.05) is 18.5 Å². The van der Waals surface area contributed by atoms with Crippen LogP contribution >= 0.6 is 0 Å². The highest BCUT2D eigenvalue weighted by Gasteiger charge is 2.08. The van der Waals surface area contributed by atoms with E-state index in [0.717, 1.165) is 50.5 Å². The first kappa shape index (κ1) is 17.7. The molecule has 0 unspecified atom stereocenters. The van der Waals surface area contributed by atoms with E-state index in [1.807, 2.05) is 6.07 Å². The molecule has 21 heavy (non-hydrogen) atoms. The molecule has 0 aliphatic rings. The van der Waals surface area contributed by atoms with Crippen LogP contribution in [0.4, 0.5) is 5.82 Å². The number of nitrogens with one attached hydrogen (secondary N) is 1. The Balaban J connectivity index is 2.71. The Kier molecular flexibility index (Phi) is 8.09. The van der Waals surface area contributed by atoms with Gasteiger partial charge in [-0.1, -0.05) is 41.0 Å². The standard InChI is InChI=1S/C17H31N3O/c1-6-7-10-21-17-12-15(18-9-8-13(2)3)19-16(20-17)11-14(4)5/h12-14H,6-11H2,1-5H3,(H,18,19,20). The minimum atomic E-state index is 0.541. The Morgan fingerprint density at radius 2 is 1.90 bits per heavy atom. The molecular formula is C17H31N3O. The van der Waals surface area contributed by atoms with E-state index in [1.54, 1.807) is 0 Å². The monoisotopic (exact) mass is 293 g/mol. The van der Waals surface area contributed by atoms with Gasteiger partial charge < -0.3 is 10.1 Å². The van der Waals surface area contributed by atoms with Crippen LogP contribution in [-0.4, -0.2) is 23.1 Å². The molecule has 0 aromatic carbocycles. The van der Waals surface area contributed by atoms with Gasteiger partial charge >= 0.3 is 0 Å². The molecule has 1 N–H and O–H groups in total. The number of anilines is 1. The zero-order valence-corrected chi connectivity index (χ0v) is 14.3. The minimum Gasteiger partial charge on any atom is -0.478 e. The summed E-state index contributed by atoms with van der Waals surface area (Å²) in [5.74, 6) is 3.68. The third-order valence-corrected chi connectivity index (χ3v) is 3.12. The first-order chi connectivity index (χ1) is 10.0. The molecule has 0 bridgehead atoms. The van der Waals surface area contributed by atoms with Gasteiger partial charge in [0.1, 0.15) is 11.6 Å². The zero-order chi connectivity index (χ0) is 15.7. The quantitative estimate of drug-likeness (QED) is 0.653. The molecular weight excluding hydrogens is 262 g/mol. The fraction of sp³-hybridized carbons (Fsp3) is 0.765. The molecule has 0 saturated heterocycles. The van der Waals surface area contributed by atoms with Crippen LogP contribution < -0.4 is 10.1 Å². The molecule has 1 heterocycles. The Morgan fingerprint density at radius 1 is 1.14 bits per heavy atom. The summed E-state index contributed by atoms with van der Waals surface area (Å²) in [6.45, 7) is 12.6. The molecule has 1 aromatic rings. The summed E-state index contributed by atoms with van der Waals surface area (Å²) in [6, 6.07) is 1.92. The van der Waals surface area contributed by atoms with Crippen LogP contribution in [0.3, 0.4) is 0 Å². The third kappa shape index (κ3) is 7.88. The Morgan fingerprint density at radius 3 is 2.52 bits per heavy atom. The van der Waals surface area contributed by atoms with Crippen molar-refractivity contribution in [1.82, 2.24) is 9.97 Å². The molecule has 1 rings (SSSR count). The molecule has 1 aromatic heterocycles. The summed E-state index contributed by atoms with van der Waals surface area (Å²) in [5.41, 5.74) is 0. The third-order valence-electron chi connectivity index (χ3n) is 3.12. The van der Waals surface area contributed by atoms with E-state index in [0.29, 0.717) is 17.7 Å². The molecule has 0 aliphatic carbocycles. The van der Waals surface area contributed by atoms with Crippen LogP contribution in [0, 0.1) is 11.8 Å². The van der Waals surface area contributed by atoms with Crippen molar-refractivity contribution in [1.29, 1.82) is 0 Å².